The smallest absolute Gasteiger partial charge is 0.352 e. The zero-order chi connectivity index (χ0) is 29.0. The van der Waals surface area contributed by atoms with Crippen molar-refractivity contribution in [2.75, 3.05) is 13.2 Å². The average Bonchev–Trinajstić information content (AvgIpc) is 2.96. The second kappa shape index (κ2) is 13.2. The van der Waals surface area contributed by atoms with Crippen LogP contribution in [-0.4, -0.2) is 19.5 Å². The molecule has 5 rings (SSSR count). The van der Waals surface area contributed by atoms with Crippen molar-refractivity contribution in [1.29, 1.82) is 0 Å². The molecule has 1 heterocycles. The number of alkyl halides is 3. The van der Waals surface area contributed by atoms with Crippen molar-refractivity contribution in [3.8, 4) is 11.1 Å². The standard InChI is InChI=1S/C35H42F4O2/c1-3-5-23-7-10-25(11-8-23)30-21-40-32(41-22-30)18-16-26-15-17-31(34(36)33(26)35(37,38)39)29-14-13-27-19-24(6-4-2)9-12-28(27)20-29/h9,12-15,17,19-20,23,25,30,32H,3-8,10-11,16,18,21-22H2,1-2H3. The molecule has 2 fully saturated rings. The van der Waals surface area contributed by atoms with E-state index < -0.39 is 23.8 Å². The molecule has 0 N–H and O–H groups in total. The molecule has 3 aromatic carbocycles. The second-order valence-electron chi connectivity index (χ2n) is 12.1. The predicted octanol–water partition coefficient (Wildman–Crippen LogP) is 10.1. The molecule has 2 nitrogen and oxygen atoms in total. The minimum Gasteiger partial charge on any atom is -0.352 e. The van der Waals surface area contributed by atoms with Gasteiger partial charge in [0.1, 0.15) is 5.82 Å². The van der Waals surface area contributed by atoms with Gasteiger partial charge in [-0.15, -0.1) is 0 Å². The van der Waals surface area contributed by atoms with E-state index in [0.717, 1.165) is 29.5 Å². The Balaban J connectivity index is 1.25. The van der Waals surface area contributed by atoms with Gasteiger partial charge >= 0.3 is 6.18 Å². The van der Waals surface area contributed by atoms with E-state index in [9.17, 15) is 13.2 Å². The SMILES string of the molecule is CCCc1ccc2cc(-c3ccc(CCC4OCC(C5CCC(CCC)CC5)CO4)c(C(F)(F)F)c3F)ccc2c1. The van der Waals surface area contributed by atoms with Crippen molar-refractivity contribution in [2.24, 2.45) is 17.8 Å². The first-order chi connectivity index (χ1) is 19.8. The quantitative estimate of drug-likeness (QED) is 0.238. The van der Waals surface area contributed by atoms with E-state index in [2.05, 4.69) is 19.9 Å². The Morgan fingerprint density at radius 1 is 0.756 bits per heavy atom. The van der Waals surface area contributed by atoms with Crippen LogP contribution < -0.4 is 0 Å². The second-order valence-corrected chi connectivity index (χ2v) is 12.1. The number of aryl methyl sites for hydroxylation is 2. The number of hydrogen-bond donors (Lipinski definition) is 0. The molecule has 0 amide bonds. The molecule has 1 aliphatic heterocycles. The molecule has 222 valence electrons. The summed E-state index contributed by atoms with van der Waals surface area (Å²) in [5.41, 5.74) is 0.350. The van der Waals surface area contributed by atoms with Crippen LogP contribution in [0.3, 0.4) is 0 Å². The van der Waals surface area contributed by atoms with Crippen LogP contribution in [0, 0.1) is 23.6 Å². The van der Waals surface area contributed by atoms with E-state index in [1.54, 1.807) is 12.1 Å². The lowest BCUT2D eigenvalue weighted by atomic mass is 9.75. The van der Waals surface area contributed by atoms with Crippen LogP contribution in [0.2, 0.25) is 0 Å². The first kappa shape index (κ1) is 30.0. The van der Waals surface area contributed by atoms with Gasteiger partial charge in [0, 0.05) is 17.9 Å². The molecule has 0 radical (unpaired) electrons. The van der Waals surface area contributed by atoms with E-state index in [0.29, 0.717) is 30.6 Å². The normalized spacial score (nSPS) is 23.7. The van der Waals surface area contributed by atoms with Crippen LogP contribution >= 0.6 is 0 Å². The van der Waals surface area contributed by atoms with Crippen LogP contribution in [0.4, 0.5) is 17.6 Å². The Morgan fingerprint density at radius 3 is 2.15 bits per heavy atom. The third-order valence-electron chi connectivity index (χ3n) is 9.16. The molecular weight excluding hydrogens is 528 g/mol. The fraction of sp³-hybridized carbons (Fsp3) is 0.543. The minimum atomic E-state index is -4.81. The minimum absolute atomic E-state index is 0.0292. The molecule has 41 heavy (non-hydrogen) atoms. The van der Waals surface area contributed by atoms with E-state index in [-0.39, 0.29) is 24.0 Å². The fourth-order valence-corrected chi connectivity index (χ4v) is 6.89. The van der Waals surface area contributed by atoms with Crippen molar-refractivity contribution >= 4 is 10.8 Å². The Labute approximate surface area is 241 Å². The molecule has 0 spiro atoms. The summed E-state index contributed by atoms with van der Waals surface area (Å²) in [6.07, 6.45) is 4.36. The summed E-state index contributed by atoms with van der Waals surface area (Å²) < 4.78 is 70.0. The summed E-state index contributed by atoms with van der Waals surface area (Å²) in [6, 6.07) is 14.3. The lowest BCUT2D eigenvalue weighted by Crippen LogP contribution is -2.37. The highest BCUT2D eigenvalue weighted by Gasteiger charge is 2.38. The van der Waals surface area contributed by atoms with Gasteiger partial charge < -0.3 is 9.47 Å². The number of benzene rings is 3. The number of ether oxygens (including phenoxy) is 2. The first-order valence-electron chi connectivity index (χ1n) is 15.4. The van der Waals surface area contributed by atoms with Crippen molar-refractivity contribution in [3.05, 3.63) is 71.0 Å². The highest BCUT2D eigenvalue weighted by atomic mass is 19.4. The lowest BCUT2D eigenvalue weighted by Gasteiger charge is -2.37. The van der Waals surface area contributed by atoms with Gasteiger partial charge in [0.2, 0.25) is 0 Å². The Hall–Kier alpha value is -2.44. The van der Waals surface area contributed by atoms with Crippen LogP contribution in [-0.2, 0) is 28.5 Å². The van der Waals surface area contributed by atoms with Gasteiger partial charge in [-0.3, -0.25) is 0 Å². The summed E-state index contributed by atoms with van der Waals surface area (Å²) in [4.78, 5) is 0. The molecular formula is C35H42F4O2. The largest absolute Gasteiger partial charge is 0.419 e. The highest BCUT2D eigenvalue weighted by Crippen LogP contribution is 2.40. The number of rotatable bonds is 9. The molecule has 1 saturated carbocycles. The monoisotopic (exact) mass is 570 g/mol. The van der Waals surface area contributed by atoms with Crippen LogP contribution in [0.25, 0.3) is 21.9 Å². The third-order valence-corrected chi connectivity index (χ3v) is 9.16. The summed E-state index contributed by atoms with van der Waals surface area (Å²) in [7, 11) is 0. The predicted molar refractivity (Wildman–Crippen MR) is 156 cm³/mol. The fourth-order valence-electron chi connectivity index (χ4n) is 6.89. The molecule has 2 aliphatic rings. The summed E-state index contributed by atoms with van der Waals surface area (Å²) >= 11 is 0. The summed E-state index contributed by atoms with van der Waals surface area (Å²) in [6.45, 7) is 5.51. The number of halogens is 4. The van der Waals surface area contributed by atoms with Gasteiger partial charge in [-0.25, -0.2) is 4.39 Å². The highest BCUT2D eigenvalue weighted by molar-refractivity contribution is 5.88. The first-order valence-corrected chi connectivity index (χ1v) is 15.4. The van der Waals surface area contributed by atoms with Crippen molar-refractivity contribution in [2.45, 2.75) is 90.5 Å². The van der Waals surface area contributed by atoms with E-state index in [4.69, 9.17) is 9.47 Å². The Bertz CT molecular complexity index is 1300. The third kappa shape index (κ3) is 7.14. The van der Waals surface area contributed by atoms with Crippen LogP contribution in [0.15, 0.2) is 48.5 Å². The molecule has 6 heteroatoms. The van der Waals surface area contributed by atoms with Gasteiger partial charge in [0.05, 0.1) is 18.8 Å². The van der Waals surface area contributed by atoms with Gasteiger partial charge in [-0.2, -0.15) is 13.2 Å². The molecule has 1 aliphatic carbocycles. The van der Waals surface area contributed by atoms with Crippen molar-refractivity contribution in [1.82, 2.24) is 0 Å². The Kier molecular flexibility index (Phi) is 9.70. The maximum Gasteiger partial charge on any atom is 0.419 e. The summed E-state index contributed by atoms with van der Waals surface area (Å²) in [5, 5.41) is 1.87. The zero-order valence-corrected chi connectivity index (χ0v) is 24.2. The van der Waals surface area contributed by atoms with Crippen molar-refractivity contribution in [3.63, 3.8) is 0 Å². The number of fused-ring (bicyclic) bond motifs is 1. The molecule has 0 bridgehead atoms. The molecule has 1 saturated heterocycles. The van der Waals surface area contributed by atoms with Gasteiger partial charge in [-0.05, 0) is 71.0 Å². The Morgan fingerprint density at radius 2 is 1.46 bits per heavy atom. The average molecular weight is 571 g/mol. The summed E-state index contributed by atoms with van der Waals surface area (Å²) in [5.74, 6) is 0.553. The molecule has 0 unspecified atom stereocenters. The van der Waals surface area contributed by atoms with E-state index in [1.807, 2.05) is 18.2 Å². The maximum atomic E-state index is 15.6. The molecule has 3 aromatic rings. The van der Waals surface area contributed by atoms with Gasteiger partial charge in [0.25, 0.3) is 0 Å². The zero-order valence-electron chi connectivity index (χ0n) is 24.2. The van der Waals surface area contributed by atoms with Gasteiger partial charge in [0.15, 0.2) is 6.29 Å². The van der Waals surface area contributed by atoms with E-state index in [1.165, 1.54) is 56.2 Å². The van der Waals surface area contributed by atoms with Crippen LogP contribution in [0.5, 0.6) is 0 Å². The van der Waals surface area contributed by atoms with E-state index >= 15 is 4.39 Å². The van der Waals surface area contributed by atoms with Crippen molar-refractivity contribution < 1.29 is 27.0 Å². The van der Waals surface area contributed by atoms with Crippen LogP contribution in [0.1, 0.15) is 81.9 Å². The molecule has 0 aromatic heterocycles. The molecule has 0 atom stereocenters. The number of hydrogen-bond acceptors (Lipinski definition) is 2. The van der Waals surface area contributed by atoms with Gasteiger partial charge in [-0.1, -0.05) is 88.4 Å². The lowest BCUT2D eigenvalue weighted by molar-refractivity contribution is -0.212. The maximum absolute atomic E-state index is 15.6. The topological polar surface area (TPSA) is 18.5 Å².